The largest absolute Gasteiger partial charge is 0.587 e. The second-order valence-corrected chi connectivity index (χ2v) is 2.97. The summed E-state index contributed by atoms with van der Waals surface area (Å²) in [6.45, 7) is 5.46. The van der Waals surface area contributed by atoms with Crippen LogP contribution in [0.15, 0.2) is 16.4 Å². The van der Waals surface area contributed by atoms with Gasteiger partial charge in [-0.1, -0.05) is 17.7 Å². The first-order chi connectivity index (χ1) is 4.81. The summed E-state index contributed by atoms with van der Waals surface area (Å²) in [6, 6.07) is 0. The van der Waals surface area contributed by atoms with Gasteiger partial charge in [0.1, 0.15) is 16.8 Å². The molecule has 0 aromatic heterocycles. The van der Waals surface area contributed by atoms with Crippen molar-refractivity contribution in [2.75, 3.05) is 0 Å². The zero-order valence-electron chi connectivity index (χ0n) is 6.25. The summed E-state index contributed by atoms with van der Waals surface area (Å²) >= 11 is -1.20. The lowest BCUT2D eigenvalue weighted by atomic mass is 10.3. The van der Waals surface area contributed by atoms with E-state index in [1.54, 1.807) is 6.21 Å². The second-order valence-electron chi connectivity index (χ2n) is 1.87. The van der Waals surface area contributed by atoms with Crippen molar-refractivity contribution in [3.63, 3.8) is 0 Å². The fourth-order valence-electron chi connectivity index (χ4n) is 0.465. The Labute approximate surface area is 65.4 Å². The SMILES string of the molecule is C=C[S@+]([O-])/N=C/CCCC. The Hall–Kier alpha value is -0.280. The van der Waals surface area contributed by atoms with Gasteiger partial charge in [-0.15, -0.1) is 0 Å². The third kappa shape index (κ3) is 5.85. The fourth-order valence-corrected chi connectivity index (χ4v) is 0.803. The summed E-state index contributed by atoms with van der Waals surface area (Å²) < 4.78 is 14.3. The molecule has 0 rings (SSSR count). The third-order valence-corrected chi connectivity index (χ3v) is 1.65. The van der Waals surface area contributed by atoms with Gasteiger partial charge in [0.25, 0.3) is 0 Å². The molecule has 10 heavy (non-hydrogen) atoms. The van der Waals surface area contributed by atoms with Crippen LogP contribution in [0.5, 0.6) is 0 Å². The van der Waals surface area contributed by atoms with Crippen LogP contribution in [-0.4, -0.2) is 10.8 Å². The molecule has 0 heterocycles. The molecule has 2 nitrogen and oxygen atoms in total. The molecule has 0 N–H and O–H groups in total. The van der Waals surface area contributed by atoms with Gasteiger partial charge in [0, 0.05) is 0 Å². The molecule has 0 aromatic carbocycles. The zero-order valence-corrected chi connectivity index (χ0v) is 7.06. The van der Waals surface area contributed by atoms with Crippen molar-refractivity contribution in [3.05, 3.63) is 12.0 Å². The molecule has 1 atom stereocenters. The molecule has 0 aromatic rings. The van der Waals surface area contributed by atoms with Crippen LogP contribution in [0.4, 0.5) is 0 Å². The Bertz CT molecular complexity index is 114. The Morgan fingerprint density at radius 2 is 2.40 bits per heavy atom. The van der Waals surface area contributed by atoms with Gasteiger partial charge in [-0.25, -0.2) is 0 Å². The highest BCUT2D eigenvalue weighted by Gasteiger charge is 1.90. The van der Waals surface area contributed by atoms with Crippen LogP contribution in [-0.2, 0) is 11.4 Å². The van der Waals surface area contributed by atoms with Crippen molar-refractivity contribution in [1.29, 1.82) is 0 Å². The first kappa shape index (κ1) is 9.72. The van der Waals surface area contributed by atoms with Crippen molar-refractivity contribution < 1.29 is 4.55 Å². The van der Waals surface area contributed by atoms with Crippen molar-refractivity contribution in [1.82, 2.24) is 0 Å². The van der Waals surface area contributed by atoms with E-state index in [0.717, 1.165) is 19.3 Å². The van der Waals surface area contributed by atoms with Crippen LogP contribution >= 0.6 is 0 Å². The second kappa shape index (κ2) is 6.83. The van der Waals surface area contributed by atoms with Crippen molar-refractivity contribution in [3.8, 4) is 0 Å². The molecular formula is C7H13NOS. The van der Waals surface area contributed by atoms with E-state index < -0.39 is 11.4 Å². The maximum atomic E-state index is 10.6. The number of hydrogen-bond donors (Lipinski definition) is 0. The molecule has 0 spiro atoms. The molecule has 0 fully saturated rings. The first-order valence-corrected chi connectivity index (χ1v) is 4.54. The molecule has 0 aliphatic heterocycles. The summed E-state index contributed by atoms with van der Waals surface area (Å²) in [7, 11) is 0. The molecule has 0 bridgehead atoms. The van der Waals surface area contributed by atoms with E-state index in [1.807, 2.05) is 0 Å². The third-order valence-electron chi connectivity index (χ3n) is 1.01. The molecule has 0 aliphatic rings. The Morgan fingerprint density at radius 3 is 2.90 bits per heavy atom. The monoisotopic (exact) mass is 159 g/mol. The summed E-state index contributed by atoms with van der Waals surface area (Å²) in [6.07, 6.45) is 4.86. The van der Waals surface area contributed by atoms with Gasteiger partial charge in [0.15, 0.2) is 0 Å². The molecule has 58 valence electrons. The van der Waals surface area contributed by atoms with Gasteiger partial charge in [0.05, 0.1) is 6.21 Å². The topological polar surface area (TPSA) is 35.4 Å². The number of hydrogen-bond acceptors (Lipinski definition) is 2. The number of rotatable bonds is 5. The van der Waals surface area contributed by atoms with E-state index in [1.165, 1.54) is 5.41 Å². The van der Waals surface area contributed by atoms with E-state index in [0.29, 0.717) is 0 Å². The van der Waals surface area contributed by atoms with E-state index in [2.05, 4.69) is 17.9 Å². The van der Waals surface area contributed by atoms with Crippen molar-refractivity contribution in [2.45, 2.75) is 26.2 Å². The van der Waals surface area contributed by atoms with Gasteiger partial charge >= 0.3 is 0 Å². The highest BCUT2D eigenvalue weighted by atomic mass is 32.2. The smallest absolute Gasteiger partial charge is 0.139 e. The molecule has 0 unspecified atom stereocenters. The van der Waals surface area contributed by atoms with Crippen LogP contribution in [0.2, 0.25) is 0 Å². The average molecular weight is 159 g/mol. The van der Waals surface area contributed by atoms with Crippen LogP contribution in [0, 0.1) is 0 Å². The van der Waals surface area contributed by atoms with E-state index in [-0.39, 0.29) is 0 Å². The maximum Gasteiger partial charge on any atom is 0.139 e. The van der Waals surface area contributed by atoms with Crippen LogP contribution in [0.25, 0.3) is 0 Å². The Balaban J connectivity index is 3.26. The minimum atomic E-state index is -1.20. The summed E-state index contributed by atoms with van der Waals surface area (Å²) in [5.74, 6) is 0. The minimum Gasteiger partial charge on any atom is -0.587 e. The lowest BCUT2D eigenvalue weighted by Crippen LogP contribution is -1.88. The lowest BCUT2D eigenvalue weighted by Gasteiger charge is -1.92. The normalized spacial score (nSPS) is 13.8. The molecular weight excluding hydrogens is 146 g/mol. The molecule has 0 amide bonds. The molecule has 0 aliphatic carbocycles. The molecule has 3 heteroatoms. The molecule has 0 radical (unpaired) electrons. The average Bonchev–Trinajstić information content (AvgIpc) is 1.98. The standard InChI is InChI=1S/C7H13NOS/c1-3-5-6-7-8-10(9)4-2/h4,7H,2-3,5-6H2,1H3/b8-7+/t10-/m0/s1. The van der Waals surface area contributed by atoms with Crippen LogP contribution < -0.4 is 0 Å². The van der Waals surface area contributed by atoms with Crippen LogP contribution in [0.3, 0.4) is 0 Å². The quantitative estimate of drug-likeness (QED) is 0.343. The number of nitrogens with zero attached hydrogens (tertiary/aromatic N) is 1. The predicted molar refractivity (Wildman–Crippen MR) is 46.4 cm³/mol. The Morgan fingerprint density at radius 1 is 1.70 bits per heavy atom. The first-order valence-electron chi connectivity index (χ1n) is 3.37. The summed E-state index contributed by atoms with van der Waals surface area (Å²) in [5.41, 5.74) is 0. The molecule has 0 saturated heterocycles. The predicted octanol–water partition coefficient (Wildman–Crippen LogP) is 2.05. The van der Waals surface area contributed by atoms with Gasteiger partial charge in [-0.2, -0.15) is 0 Å². The fraction of sp³-hybridized carbons (Fsp3) is 0.571. The van der Waals surface area contributed by atoms with Gasteiger partial charge in [0.2, 0.25) is 0 Å². The van der Waals surface area contributed by atoms with E-state index in [9.17, 15) is 4.55 Å². The number of unbranched alkanes of at least 4 members (excludes halogenated alkanes) is 2. The summed E-state index contributed by atoms with van der Waals surface area (Å²) in [5, 5.41) is 1.32. The van der Waals surface area contributed by atoms with Gasteiger partial charge < -0.3 is 4.55 Å². The zero-order chi connectivity index (χ0) is 7.82. The van der Waals surface area contributed by atoms with Crippen molar-refractivity contribution >= 4 is 17.6 Å². The van der Waals surface area contributed by atoms with E-state index >= 15 is 0 Å². The highest BCUT2D eigenvalue weighted by Crippen LogP contribution is 1.94. The maximum absolute atomic E-state index is 10.6. The van der Waals surface area contributed by atoms with E-state index in [4.69, 9.17) is 0 Å². The van der Waals surface area contributed by atoms with Crippen LogP contribution in [0.1, 0.15) is 26.2 Å². The summed E-state index contributed by atoms with van der Waals surface area (Å²) in [4.78, 5) is 0. The molecule has 0 saturated carbocycles. The van der Waals surface area contributed by atoms with Crippen molar-refractivity contribution in [2.24, 2.45) is 4.40 Å². The van der Waals surface area contributed by atoms with Gasteiger partial charge in [-0.3, -0.25) is 0 Å². The highest BCUT2D eigenvalue weighted by molar-refractivity contribution is 7.93. The van der Waals surface area contributed by atoms with Gasteiger partial charge in [-0.05, 0) is 19.4 Å². The lowest BCUT2D eigenvalue weighted by molar-refractivity contribution is 0.605. The Kier molecular flexibility index (Phi) is 6.64. The minimum absolute atomic E-state index is 0.913.